The first-order chi connectivity index (χ1) is 7.83. The van der Waals surface area contributed by atoms with Crippen LogP contribution in [-0.4, -0.2) is 0 Å². The van der Waals surface area contributed by atoms with Gasteiger partial charge in [-0.15, -0.1) is 0 Å². The van der Waals surface area contributed by atoms with E-state index in [-0.39, 0.29) is 0 Å². The average Bonchev–Trinajstić information content (AvgIpc) is 2.33. The SMILES string of the molecule is Cc1c([CH]C#N)cccc1-c1ccccc1. The van der Waals surface area contributed by atoms with Gasteiger partial charge in [0.2, 0.25) is 0 Å². The van der Waals surface area contributed by atoms with E-state index < -0.39 is 0 Å². The molecule has 77 valence electrons. The largest absolute Gasteiger partial charge is 0.198 e. The van der Waals surface area contributed by atoms with Gasteiger partial charge in [-0.1, -0.05) is 48.5 Å². The van der Waals surface area contributed by atoms with E-state index in [1.54, 1.807) is 6.42 Å². The molecule has 1 radical (unpaired) electrons. The number of hydrogen-bond donors (Lipinski definition) is 0. The molecule has 0 aliphatic carbocycles. The third-order valence-electron chi connectivity index (χ3n) is 2.68. The predicted molar refractivity (Wildman–Crippen MR) is 65.6 cm³/mol. The van der Waals surface area contributed by atoms with E-state index in [0.29, 0.717) is 0 Å². The lowest BCUT2D eigenvalue weighted by Gasteiger charge is -2.09. The lowest BCUT2D eigenvalue weighted by molar-refractivity contribution is 1.36. The van der Waals surface area contributed by atoms with Crippen LogP contribution in [0.1, 0.15) is 11.1 Å². The Labute approximate surface area is 96.0 Å². The van der Waals surface area contributed by atoms with E-state index in [2.05, 4.69) is 24.3 Å². The summed E-state index contributed by atoms with van der Waals surface area (Å²) in [4.78, 5) is 0. The maximum atomic E-state index is 8.70. The molecule has 0 bridgehead atoms. The average molecular weight is 206 g/mol. The molecule has 2 aromatic carbocycles. The van der Waals surface area contributed by atoms with Crippen molar-refractivity contribution in [1.82, 2.24) is 0 Å². The summed E-state index contributed by atoms with van der Waals surface area (Å²) in [6.07, 6.45) is 1.59. The number of nitrogens with zero attached hydrogens (tertiary/aromatic N) is 1. The van der Waals surface area contributed by atoms with E-state index in [1.165, 1.54) is 11.1 Å². The van der Waals surface area contributed by atoms with Crippen molar-refractivity contribution >= 4 is 0 Å². The summed E-state index contributed by atoms with van der Waals surface area (Å²) < 4.78 is 0. The normalized spacial score (nSPS) is 9.75. The van der Waals surface area contributed by atoms with Crippen LogP contribution in [0.5, 0.6) is 0 Å². The van der Waals surface area contributed by atoms with E-state index >= 15 is 0 Å². The van der Waals surface area contributed by atoms with Crippen molar-refractivity contribution in [2.24, 2.45) is 0 Å². The zero-order valence-electron chi connectivity index (χ0n) is 9.14. The Balaban J connectivity index is 2.51. The summed E-state index contributed by atoms with van der Waals surface area (Å²) in [6, 6.07) is 18.3. The molecule has 2 aromatic rings. The van der Waals surface area contributed by atoms with Crippen LogP contribution in [0.15, 0.2) is 48.5 Å². The fourth-order valence-electron chi connectivity index (χ4n) is 1.81. The van der Waals surface area contributed by atoms with Gasteiger partial charge in [0.05, 0.1) is 12.5 Å². The van der Waals surface area contributed by atoms with Gasteiger partial charge in [-0.3, -0.25) is 0 Å². The summed E-state index contributed by atoms with van der Waals surface area (Å²) >= 11 is 0. The molecule has 0 saturated heterocycles. The van der Waals surface area contributed by atoms with Crippen LogP contribution in [0.2, 0.25) is 0 Å². The highest BCUT2D eigenvalue weighted by atomic mass is 14.2. The fraction of sp³-hybridized carbons (Fsp3) is 0.0667. The summed E-state index contributed by atoms with van der Waals surface area (Å²) in [6.45, 7) is 2.05. The van der Waals surface area contributed by atoms with E-state index in [1.807, 2.05) is 37.3 Å². The second-order valence-corrected chi connectivity index (χ2v) is 3.66. The van der Waals surface area contributed by atoms with Crippen molar-refractivity contribution in [2.75, 3.05) is 0 Å². The molecule has 0 amide bonds. The van der Waals surface area contributed by atoms with Crippen LogP contribution in [0.4, 0.5) is 0 Å². The minimum absolute atomic E-state index is 0.990. The second kappa shape index (κ2) is 4.63. The van der Waals surface area contributed by atoms with Gasteiger partial charge in [-0.2, -0.15) is 5.26 Å². The van der Waals surface area contributed by atoms with Crippen molar-refractivity contribution in [1.29, 1.82) is 5.26 Å². The van der Waals surface area contributed by atoms with Gasteiger partial charge in [0.15, 0.2) is 0 Å². The van der Waals surface area contributed by atoms with Crippen LogP contribution in [0.3, 0.4) is 0 Å². The number of nitriles is 1. The quantitative estimate of drug-likeness (QED) is 0.734. The predicted octanol–water partition coefficient (Wildman–Crippen LogP) is 3.74. The van der Waals surface area contributed by atoms with Crippen LogP contribution in [0.25, 0.3) is 11.1 Å². The Morgan fingerprint density at radius 2 is 1.75 bits per heavy atom. The number of benzene rings is 2. The van der Waals surface area contributed by atoms with Gasteiger partial charge in [0, 0.05) is 0 Å². The molecule has 0 unspecified atom stereocenters. The van der Waals surface area contributed by atoms with Crippen molar-refractivity contribution in [2.45, 2.75) is 6.92 Å². The van der Waals surface area contributed by atoms with Gasteiger partial charge >= 0.3 is 0 Å². The lowest BCUT2D eigenvalue weighted by Crippen LogP contribution is -1.89. The molecule has 0 aliphatic heterocycles. The topological polar surface area (TPSA) is 23.8 Å². The molecule has 1 nitrogen and oxygen atoms in total. The van der Waals surface area contributed by atoms with Gasteiger partial charge in [-0.05, 0) is 29.2 Å². The highest BCUT2D eigenvalue weighted by Crippen LogP contribution is 2.25. The van der Waals surface area contributed by atoms with Crippen molar-refractivity contribution < 1.29 is 0 Å². The van der Waals surface area contributed by atoms with E-state index in [0.717, 1.165) is 11.1 Å². The molecule has 0 aliphatic rings. The van der Waals surface area contributed by atoms with Crippen LogP contribution in [0, 0.1) is 24.7 Å². The van der Waals surface area contributed by atoms with E-state index in [9.17, 15) is 0 Å². The van der Waals surface area contributed by atoms with Crippen LogP contribution >= 0.6 is 0 Å². The van der Waals surface area contributed by atoms with Crippen molar-refractivity contribution in [3.8, 4) is 17.2 Å². The summed E-state index contributed by atoms with van der Waals surface area (Å²) in [7, 11) is 0. The molecule has 0 atom stereocenters. The van der Waals surface area contributed by atoms with E-state index in [4.69, 9.17) is 5.26 Å². The maximum absolute atomic E-state index is 8.70. The van der Waals surface area contributed by atoms with Crippen LogP contribution < -0.4 is 0 Å². The molecule has 0 heterocycles. The smallest absolute Gasteiger partial charge is 0.0914 e. The zero-order chi connectivity index (χ0) is 11.4. The Hall–Kier alpha value is -2.07. The Morgan fingerprint density at radius 1 is 1.00 bits per heavy atom. The minimum atomic E-state index is 0.990. The molecule has 16 heavy (non-hydrogen) atoms. The van der Waals surface area contributed by atoms with Gasteiger partial charge in [-0.25, -0.2) is 0 Å². The van der Waals surface area contributed by atoms with Crippen molar-refractivity contribution in [3.05, 3.63) is 66.1 Å². The zero-order valence-corrected chi connectivity index (χ0v) is 9.14. The Morgan fingerprint density at radius 3 is 2.44 bits per heavy atom. The number of hydrogen-bond acceptors (Lipinski definition) is 1. The Kier molecular flexibility index (Phi) is 3.03. The van der Waals surface area contributed by atoms with Crippen LogP contribution in [-0.2, 0) is 0 Å². The standard InChI is InChI=1S/C15H12N/c1-12-13(10-11-16)8-5-9-15(12)14-6-3-2-4-7-14/h2-10H,1H3. The molecule has 2 rings (SSSR count). The molecule has 0 aromatic heterocycles. The van der Waals surface area contributed by atoms with Gasteiger partial charge in [0.25, 0.3) is 0 Å². The first-order valence-electron chi connectivity index (χ1n) is 5.21. The highest BCUT2D eigenvalue weighted by Gasteiger charge is 2.05. The molecule has 0 spiro atoms. The second-order valence-electron chi connectivity index (χ2n) is 3.66. The summed E-state index contributed by atoms with van der Waals surface area (Å²) in [5, 5.41) is 8.70. The fourth-order valence-corrected chi connectivity index (χ4v) is 1.81. The highest BCUT2D eigenvalue weighted by molar-refractivity contribution is 5.69. The summed E-state index contributed by atoms with van der Waals surface area (Å²) in [5.41, 5.74) is 4.51. The molecule has 0 saturated carbocycles. The first kappa shape index (κ1) is 10.4. The molecule has 0 fully saturated rings. The lowest BCUT2D eigenvalue weighted by atomic mass is 9.95. The minimum Gasteiger partial charge on any atom is -0.198 e. The third-order valence-corrected chi connectivity index (χ3v) is 2.68. The molecular weight excluding hydrogens is 194 g/mol. The van der Waals surface area contributed by atoms with Gasteiger partial charge in [0.1, 0.15) is 0 Å². The number of rotatable bonds is 2. The molecular formula is C15H12N. The molecule has 0 N–H and O–H groups in total. The van der Waals surface area contributed by atoms with Crippen molar-refractivity contribution in [3.63, 3.8) is 0 Å². The molecule has 1 heteroatoms. The third kappa shape index (κ3) is 1.97. The van der Waals surface area contributed by atoms with Gasteiger partial charge < -0.3 is 0 Å². The monoisotopic (exact) mass is 206 g/mol. The first-order valence-corrected chi connectivity index (χ1v) is 5.21. The summed E-state index contributed by atoms with van der Waals surface area (Å²) in [5.74, 6) is 0. The maximum Gasteiger partial charge on any atom is 0.0914 e. The Bertz CT molecular complexity index is 521.